The van der Waals surface area contributed by atoms with Gasteiger partial charge in [0.05, 0.1) is 33.4 Å². The van der Waals surface area contributed by atoms with E-state index >= 15 is 0 Å². The number of rotatable bonds is 7. The second kappa shape index (κ2) is 15.8. The average Bonchev–Trinajstić information content (AvgIpc) is 3.89. The maximum Gasteiger partial charge on any atom is 0.165 e. The van der Waals surface area contributed by atoms with Crippen LogP contribution in [0.3, 0.4) is 0 Å². The summed E-state index contributed by atoms with van der Waals surface area (Å²) in [7, 11) is 0. The molecule has 0 spiro atoms. The third kappa shape index (κ3) is 6.47. The first kappa shape index (κ1) is 39.7. The number of benzene rings is 8. The molecule has 3 heterocycles. The van der Waals surface area contributed by atoms with Crippen molar-refractivity contribution in [2.75, 3.05) is 0 Å². The van der Waals surface area contributed by atoms with Crippen molar-refractivity contribution < 1.29 is 0 Å². The molecule has 2 bridgehead atoms. The van der Waals surface area contributed by atoms with E-state index in [2.05, 4.69) is 217 Å². The van der Waals surface area contributed by atoms with Crippen molar-refractivity contribution in [3.8, 4) is 56.4 Å². The minimum atomic E-state index is -0.142. The van der Waals surface area contributed by atoms with Crippen LogP contribution in [-0.4, -0.2) is 24.1 Å². The molecule has 4 atom stereocenters. The molecule has 3 aromatic heterocycles. The van der Waals surface area contributed by atoms with Gasteiger partial charge in [-0.2, -0.15) is 0 Å². The monoisotopic (exact) mass is 865 g/mol. The highest BCUT2D eigenvalue weighted by atomic mass is 15.1. The van der Waals surface area contributed by atoms with E-state index in [-0.39, 0.29) is 5.41 Å². The lowest BCUT2D eigenvalue weighted by molar-refractivity contribution is 0.0720. The quantitative estimate of drug-likeness (QED) is 0.160. The molecule has 0 aliphatic heterocycles. The van der Waals surface area contributed by atoms with Crippen LogP contribution in [0.25, 0.3) is 100 Å². The van der Waals surface area contributed by atoms with Crippen LogP contribution in [0.2, 0.25) is 0 Å². The first-order valence-electron chi connectivity index (χ1n) is 24.1. The molecule has 2 unspecified atom stereocenters. The van der Waals surface area contributed by atoms with Crippen LogP contribution in [0.4, 0.5) is 0 Å². The van der Waals surface area contributed by atoms with Gasteiger partial charge in [-0.05, 0) is 97.4 Å². The third-order valence-electron chi connectivity index (χ3n) is 15.1. The molecule has 5 nitrogen and oxygen atoms in total. The van der Waals surface area contributed by atoms with Gasteiger partial charge in [0.1, 0.15) is 5.82 Å². The number of fused-ring (bicyclic) bond motifs is 8. The first-order chi connectivity index (χ1) is 33.0. The van der Waals surface area contributed by atoms with Crippen LogP contribution in [-0.2, 0) is 5.41 Å². The highest BCUT2D eigenvalue weighted by Gasteiger charge is 2.47. The summed E-state index contributed by atoms with van der Waals surface area (Å²) >= 11 is 0. The summed E-state index contributed by atoms with van der Waals surface area (Å²) in [5.41, 5.74) is 13.3. The lowest BCUT2D eigenvalue weighted by atomic mass is 9.56. The van der Waals surface area contributed by atoms with E-state index in [1.165, 1.54) is 67.7 Å². The van der Waals surface area contributed by atoms with Crippen LogP contribution in [0.1, 0.15) is 51.8 Å². The van der Waals surface area contributed by atoms with Crippen LogP contribution < -0.4 is 0 Å². The fourth-order valence-corrected chi connectivity index (χ4v) is 12.8. The van der Waals surface area contributed by atoms with E-state index in [0.29, 0.717) is 29.4 Å². The van der Waals surface area contributed by atoms with Crippen molar-refractivity contribution in [3.63, 3.8) is 0 Å². The summed E-state index contributed by atoms with van der Waals surface area (Å²) in [5, 5.41) is 4.87. The molecule has 2 fully saturated rings. The Bertz CT molecular complexity index is 3440. The molecular weight excluding hydrogens is 815 g/mol. The van der Waals surface area contributed by atoms with E-state index in [4.69, 9.17) is 15.0 Å². The minimum Gasteiger partial charge on any atom is -0.308 e. The summed E-state index contributed by atoms with van der Waals surface area (Å²) < 4.78 is 4.92. The lowest BCUT2D eigenvalue weighted by Gasteiger charge is -2.49. The fourth-order valence-electron chi connectivity index (χ4n) is 12.8. The molecule has 0 radical (unpaired) electrons. The first-order valence-corrected chi connectivity index (χ1v) is 24.1. The molecular formula is C62H51N5. The second-order valence-electron chi connectivity index (χ2n) is 19.6. The zero-order chi connectivity index (χ0) is 44.6. The van der Waals surface area contributed by atoms with Gasteiger partial charge in [0, 0.05) is 49.2 Å². The maximum absolute atomic E-state index is 5.75. The van der Waals surface area contributed by atoms with E-state index in [1.54, 1.807) is 0 Å². The predicted octanol–water partition coefficient (Wildman–Crippen LogP) is 15.8. The zero-order valence-electron chi connectivity index (χ0n) is 38.0. The summed E-state index contributed by atoms with van der Waals surface area (Å²) in [5.74, 6) is 4.22. The Morgan fingerprint density at radius 2 is 0.791 bits per heavy atom. The standard InChI is InChI=1S/C62H51N5/c1-40-35-42-36-41(2)38-62(37-40,39-42)61-64-59(51-25-11-15-33-55(51)66-53-31-13-9-23-47(53)49-29-17-27-45(57(49)66)43-19-5-3-6-20-43)63-60(65-61)52-26-12-16-34-56(52)67-54-32-14-10-24-48(54)50-30-18-28-46(58(50)67)44-21-7-4-8-22-44/h3-34,40-42H,35-39H2,1-2H3/t40-,41+,42?,62?. The van der Waals surface area contributed by atoms with Crippen LogP contribution in [0, 0.1) is 17.8 Å². The van der Waals surface area contributed by atoms with Gasteiger partial charge in [0.15, 0.2) is 11.6 Å². The molecule has 0 saturated heterocycles. The predicted molar refractivity (Wildman–Crippen MR) is 277 cm³/mol. The Morgan fingerprint density at radius 1 is 0.388 bits per heavy atom. The van der Waals surface area contributed by atoms with Gasteiger partial charge in [-0.3, -0.25) is 0 Å². The molecule has 13 rings (SSSR count). The Morgan fingerprint density at radius 3 is 1.28 bits per heavy atom. The Hall–Kier alpha value is -7.63. The highest BCUT2D eigenvalue weighted by Crippen LogP contribution is 2.54. The van der Waals surface area contributed by atoms with Gasteiger partial charge >= 0.3 is 0 Å². The second-order valence-corrected chi connectivity index (χ2v) is 19.6. The summed E-state index contributed by atoms with van der Waals surface area (Å²) in [6.07, 6.45) is 5.84. The van der Waals surface area contributed by atoms with Crippen molar-refractivity contribution in [1.82, 2.24) is 24.1 Å². The molecule has 0 amide bonds. The fraction of sp³-hybridized carbons (Fsp3) is 0.177. The molecule has 2 aliphatic carbocycles. The summed E-state index contributed by atoms with van der Waals surface area (Å²) in [6.45, 7) is 4.90. The normalized spacial score (nSPS) is 19.4. The SMILES string of the molecule is C[C@@H]1CC2C[C@H](C)CC(c3nc(-c4ccccc4-n4c5ccccc5c5cccc(-c6ccccc6)c54)nc(-c4ccccc4-n4c5ccccc5c5cccc(-c6ccccc6)c54)n3)(C2)C1. The van der Waals surface area contributed by atoms with Gasteiger partial charge in [-0.1, -0.05) is 172 Å². The molecule has 67 heavy (non-hydrogen) atoms. The summed E-state index contributed by atoms with van der Waals surface area (Å²) in [4.78, 5) is 17.2. The van der Waals surface area contributed by atoms with Gasteiger partial charge < -0.3 is 9.13 Å². The van der Waals surface area contributed by atoms with E-state index in [9.17, 15) is 0 Å². The number of hydrogen-bond acceptors (Lipinski definition) is 3. The highest BCUT2D eigenvalue weighted by molar-refractivity contribution is 6.15. The van der Waals surface area contributed by atoms with Crippen LogP contribution >= 0.6 is 0 Å². The maximum atomic E-state index is 5.75. The van der Waals surface area contributed by atoms with Crippen molar-refractivity contribution in [3.05, 3.63) is 200 Å². The largest absolute Gasteiger partial charge is 0.308 e. The van der Waals surface area contributed by atoms with E-state index in [0.717, 1.165) is 58.6 Å². The summed E-state index contributed by atoms with van der Waals surface area (Å²) in [6, 6.07) is 70.2. The number of hydrogen-bond donors (Lipinski definition) is 0. The smallest absolute Gasteiger partial charge is 0.165 e. The molecule has 8 aromatic carbocycles. The Labute approximate surface area is 391 Å². The van der Waals surface area contributed by atoms with Crippen molar-refractivity contribution in [2.45, 2.75) is 51.4 Å². The minimum absolute atomic E-state index is 0.142. The van der Waals surface area contributed by atoms with Gasteiger partial charge in [0.25, 0.3) is 0 Å². The molecule has 0 N–H and O–H groups in total. The third-order valence-corrected chi connectivity index (χ3v) is 15.1. The number of aromatic nitrogens is 5. The molecule has 2 aliphatic rings. The van der Waals surface area contributed by atoms with Crippen LogP contribution in [0.15, 0.2) is 194 Å². The number of para-hydroxylation sites is 6. The molecule has 11 aromatic rings. The number of nitrogens with zero attached hydrogens (tertiary/aromatic N) is 5. The van der Waals surface area contributed by atoms with Crippen LogP contribution in [0.5, 0.6) is 0 Å². The lowest BCUT2D eigenvalue weighted by Crippen LogP contribution is -2.43. The van der Waals surface area contributed by atoms with E-state index in [1.807, 2.05) is 0 Å². The topological polar surface area (TPSA) is 48.5 Å². The molecule has 5 heteroatoms. The van der Waals surface area contributed by atoms with Crippen molar-refractivity contribution in [1.29, 1.82) is 0 Å². The zero-order valence-corrected chi connectivity index (χ0v) is 38.0. The van der Waals surface area contributed by atoms with Gasteiger partial charge in [-0.25, -0.2) is 15.0 Å². The van der Waals surface area contributed by atoms with Gasteiger partial charge in [-0.15, -0.1) is 0 Å². The molecule has 324 valence electrons. The van der Waals surface area contributed by atoms with Crippen molar-refractivity contribution >= 4 is 43.6 Å². The Balaban J connectivity index is 1.10. The van der Waals surface area contributed by atoms with Crippen molar-refractivity contribution in [2.24, 2.45) is 17.8 Å². The van der Waals surface area contributed by atoms with E-state index < -0.39 is 0 Å². The molecule has 2 saturated carbocycles. The Kier molecular flexibility index (Phi) is 9.35. The average molecular weight is 866 g/mol. The van der Waals surface area contributed by atoms with Gasteiger partial charge in [0.2, 0.25) is 0 Å².